The average Bonchev–Trinajstić information content (AvgIpc) is 3.04. The van der Waals surface area contributed by atoms with Crippen LogP contribution in [0.15, 0.2) is 54.6 Å². The Hall–Kier alpha value is -2.92. The Labute approximate surface area is 205 Å². The van der Waals surface area contributed by atoms with Crippen LogP contribution in [0.25, 0.3) is 11.1 Å². The normalized spacial score (nSPS) is 23.3. The first-order valence-electron chi connectivity index (χ1n) is 12.0. The number of thiophene rings is 1. The maximum absolute atomic E-state index is 13.6. The molecule has 2 saturated carbocycles. The van der Waals surface area contributed by atoms with Gasteiger partial charge in [0.05, 0.1) is 11.5 Å². The number of aryl methyl sites for hydroxylation is 2. The molecule has 2 aliphatic carbocycles. The summed E-state index contributed by atoms with van der Waals surface area (Å²) in [4.78, 5) is 29.0. The summed E-state index contributed by atoms with van der Waals surface area (Å²) in [6.45, 7) is 4.16. The quantitative estimate of drug-likeness (QED) is 0.455. The Morgan fingerprint density at radius 1 is 0.941 bits per heavy atom. The van der Waals surface area contributed by atoms with Crippen LogP contribution in [0.3, 0.4) is 0 Å². The van der Waals surface area contributed by atoms with Crippen molar-refractivity contribution in [2.45, 2.75) is 52.0 Å². The molecule has 176 valence electrons. The van der Waals surface area contributed by atoms with Crippen LogP contribution in [0.5, 0.6) is 0 Å². The molecule has 1 heterocycles. The predicted octanol–water partition coefficient (Wildman–Crippen LogP) is 6.34. The van der Waals surface area contributed by atoms with Crippen molar-refractivity contribution < 1.29 is 14.7 Å². The number of nitrogens with zero attached hydrogens (tertiary/aromatic N) is 1. The van der Waals surface area contributed by atoms with Crippen molar-refractivity contribution in [1.29, 1.82) is 0 Å². The highest BCUT2D eigenvalue weighted by Gasteiger charge is 2.56. The summed E-state index contributed by atoms with van der Waals surface area (Å²) in [5, 5.41) is 9.19. The largest absolute Gasteiger partial charge is 0.481 e. The number of benzene rings is 2. The molecule has 1 spiro atoms. The van der Waals surface area contributed by atoms with Crippen LogP contribution in [0.1, 0.15) is 56.9 Å². The number of hydrogen-bond acceptors (Lipinski definition) is 3. The van der Waals surface area contributed by atoms with Gasteiger partial charge in [-0.25, -0.2) is 0 Å². The molecular formula is C29H31NO3S. The van der Waals surface area contributed by atoms with E-state index in [1.807, 2.05) is 24.9 Å². The standard InChI is InChI=1S/C29H31NO3S/c1-18-25(13-20-9-11-22(12-10-20)21-7-5-4-6-8-21)26(19(2)34-18)27(31)30(3)24-16-29(17-24)14-23(15-29)28(32)33/h4-12,23-24H,13-17H2,1-3H3,(H,32,33). The number of amides is 1. The van der Waals surface area contributed by atoms with Crippen molar-refractivity contribution in [1.82, 2.24) is 4.90 Å². The molecule has 0 unspecified atom stereocenters. The second-order valence-electron chi connectivity index (χ2n) is 10.2. The van der Waals surface area contributed by atoms with Crippen LogP contribution in [-0.2, 0) is 11.2 Å². The molecule has 2 aromatic carbocycles. The third-order valence-corrected chi connectivity index (χ3v) is 9.02. The Balaban J connectivity index is 1.29. The molecule has 34 heavy (non-hydrogen) atoms. The van der Waals surface area contributed by atoms with Gasteiger partial charge in [0.2, 0.25) is 0 Å². The van der Waals surface area contributed by atoms with E-state index < -0.39 is 5.97 Å². The molecule has 1 aromatic heterocycles. The fraction of sp³-hybridized carbons (Fsp3) is 0.379. The summed E-state index contributed by atoms with van der Waals surface area (Å²) < 4.78 is 0. The van der Waals surface area contributed by atoms with Crippen LogP contribution >= 0.6 is 11.3 Å². The number of carboxylic acid groups (broad SMARTS) is 1. The molecule has 1 N–H and O–H groups in total. The molecule has 4 nitrogen and oxygen atoms in total. The van der Waals surface area contributed by atoms with E-state index in [0.717, 1.165) is 48.1 Å². The average molecular weight is 474 g/mol. The number of carbonyl (C=O) groups is 2. The van der Waals surface area contributed by atoms with Gasteiger partial charge in [0.25, 0.3) is 5.91 Å². The van der Waals surface area contributed by atoms with Gasteiger partial charge in [-0.1, -0.05) is 54.6 Å². The van der Waals surface area contributed by atoms with Crippen LogP contribution in [0.2, 0.25) is 0 Å². The van der Waals surface area contributed by atoms with Gasteiger partial charge in [0.1, 0.15) is 0 Å². The van der Waals surface area contributed by atoms with Gasteiger partial charge in [-0.15, -0.1) is 11.3 Å². The number of hydrogen-bond donors (Lipinski definition) is 1. The zero-order valence-electron chi connectivity index (χ0n) is 20.0. The first kappa shape index (κ1) is 22.9. The Kier molecular flexibility index (Phi) is 5.85. The SMILES string of the molecule is Cc1sc(C)c(C(=O)N(C)C2CC3(CC(C(=O)O)C3)C2)c1Cc1ccc(-c2ccccc2)cc1. The van der Waals surface area contributed by atoms with Gasteiger partial charge >= 0.3 is 5.97 Å². The second-order valence-corrected chi connectivity index (χ2v) is 11.7. The first-order chi connectivity index (χ1) is 16.3. The number of aliphatic carboxylic acids is 1. The van der Waals surface area contributed by atoms with Crippen molar-refractivity contribution in [2.75, 3.05) is 7.05 Å². The minimum absolute atomic E-state index is 0.103. The molecule has 0 saturated heterocycles. The van der Waals surface area contributed by atoms with E-state index >= 15 is 0 Å². The summed E-state index contributed by atoms with van der Waals surface area (Å²) in [6.07, 6.45) is 4.13. The first-order valence-corrected chi connectivity index (χ1v) is 12.8. The highest BCUT2D eigenvalue weighted by Crippen LogP contribution is 2.59. The van der Waals surface area contributed by atoms with Crippen LogP contribution in [-0.4, -0.2) is 35.0 Å². The van der Waals surface area contributed by atoms with Gasteiger partial charge in [0, 0.05) is 22.8 Å². The number of rotatable bonds is 6. The fourth-order valence-corrected chi connectivity index (χ4v) is 6.99. The van der Waals surface area contributed by atoms with Crippen LogP contribution < -0.4 is 0 Å². The lowest BCUT2D eigenvalue weighted by Crippen LogP contribution is -2.57. The van der Waals surface area contributed by atoms with Gasteiger partial charge in [-0.05, 0) is 73.6 Å². The monoisotopic (exact) mass is 473 g/mol. The van der Waals surface area contributed by atoms with E-state index in [2.05, 4.69) is 55.5 Å². The van der Waals surface area contributed by atoms with E-state index in [9.17, 15) is 14.7 Å². The van der Waals surface area contributed by atoms with Crippen LogP contribution in [0, 0.1) is 25.2 Å². The highest BCUT2D eigenvalue weighted by molar-refractivity contribution is 7.12. The van der Waals surface area contributed by atoms with Gasteiger partial charge in [-0.3, -0.25) is 9.59 Å². The molecule has 2 aliphatic rings. The molecule has 1 amide bonds. The second kappa shape index (κ2) is 8.70. The molecule has 2 fully saturated rings. The van der Waals surface area contributed by atoms with Crippen molar-refractivity contribution in [3.8, 4) is 11.1 Å². The predicted molar refractivity (Wildman–Crippen MR) is 136 cm³/mol. The molecular weight excluding hydrogens is 442 g/mol. The molecule has 5 heteroatoms. The highest BCUT2D eigenvalue weighted by atomic mass is 32.1. The lowest BCUT2D eigenvalue weighted by Gasteiger charge is -2.58. The lowest BCUT2D eigenvalue weighted by atomic mass is 9.50. The van der Waals surface area contributed by atoms with Gasteiger partial charge in [-0.2, -0.15) is 0 Å². The summed E-state index contributed by atoms with van der Waals surface area (Å²) >= 11 is 1.70. The van der Waals surface area contributed by atoms with Gasteiger partial charge in [0.15, 0.2) is 0 Å². The minimum Gasteiger partial charge on any atom is -0.481 e. The fourth-order valence-electron chi connectivity index (χ4n) is 5.92. The number of carbonyl (C=O) groups excluding carboxylic acids is 1. The Bertz CT molecular complexity index is 1210. The zero-order chi connectivity index (χ0) is 24.0. The molecule has 5 rings (SSSR count). The van der Waals surface area contributed by atoms with E-state index in [4.69, 9.17) is 0 Å². The minimum atomic E-state index is -0.677. The van der Waals surface area contributed by atoms with E-state index in [-0.39, 0.29) is 23.3 Å². The van der Waals surface area contributed by atoms with E-state index in [1.54, 1.807) is 11.3 Å². The lowest BCUT2D eigenvalue weighted by molar-refractivity contribution is -0.158. The molecule has 0 radical (unpaired) electrons. The third-order valence-electron chi connectivity index (χ3n) is 7.95. The van der Waals surface area contributed by atoms with Crippen molar-refractivity contribution in [3.05, 3.63) is 81.0 Å². The zero-order valence-corrected chi connectivity index (χ0v) is 20.8. The van der Waals surface area contributed by atoms with Crippen molar-refractivity contribution in [2.24, 2.45) is 11.3 Å². The Morgan fingerprint density at radius 2 is 1.56 bits per heavy atom. The maximum Gasteiger partial charge on any atom is 0.306 e. The van der Waals surface area contributed by atoms with Crippen molar-refractivity contribution >= 4 is 23.2 Å². The maximum atomic E-state index is 13.6. The molecule has 0 bridgehead atoms. The molecule has 0 atom stereocenters. The molecule has 0 aliphatic heterocycles. The van der Waals surface area contributed by atoms with Crippen LogP contribution in [0.4, 0.5) is 0 Å². The topological polar surface area (TPSA) is 57.6 Å². The summed E-state index contributed by atoms with van der Waals surface area (Å²) in [6, 6.07) is 19.2. The van der Waals surface area contributed by atoms with Gasteiger partial charge < -0.3 is 10.0 Å². The number of carboxylic acids is 1. The van der Waals surface area contributed by atoms with Crippen molar-refractivity contribution in [3.63, 3.8) is 0 Å². The van der Waals surface area contributed by atoms with E-state index in [0.29, 0.717) is 0 Å². The smallest absolute Gasteiger partial charge is 0.306 e. The molecule has 3 aromatic rings. The summed E-state index contributed by atoms with van der Waals surface area (Å²) in [5.41, 5.74) is 5.75. The summed E-state index contributed by atoms with van der Waals surface area (Å²) in [7, 11) is 1.91. The Morgan fingerprint density at radius 3 is 2.18 bits per heavy atom. The van der Waals surface area contributed by atoms with E-state index in [1.165, 1.54) is 21.6 Å². The summed E-state index contributed by atoms with van der Waals surface area (Å²) in [5.74, 6) is -0.764. The third kappa shape index (κ3) is 4.07.